The minimum atomic E-state index is 0.476. The van der Waals surface area contributed by atoms with Crippen LogP contribution in [0.3, 0.4) is 0 Å². The topological polar surface area (TPSA) is 92.7 Å². The quantitative estimate of drug-likeness (QED) is 0.524. The van der Waals surface area contributed by atoms with Gasteiger partial charge < -0.3 is 10.6 Å². The Bertz CT molecular complexity index is 1090. The Labute approximate surface area is 147 Å². The molecule has 0 unspecified atom stereocenters. The van der Waals surface area contributed by atoms with Gasteiger partial charge in [0.25, 0.3) is 0 Å². The summed E-state index contributed by atoms with van der Waals surface area (Å²) in [6.45, 7) is 0. The first-order valence-electron chi connectivity index (χ1n) is 8.11. The molecule has 1 aliphatic carbocycles. The molecule has 1 saturated carbocycles. The molecule has 4 N–H and O–H groups in total. The smallest absolute Gasteiger partial charge is 0.307 e. The van der Waals surface area contributed by atoms with Crippen LogP contribution < -0.4 is 15.6 Å². The van der Waals surface area contributed by atoms with Gasteiger partial charge in [-0.3, -0.25) is 9.97 Å². The molecule has 0 atom stereocenters. The van der Waals surface area contributed by atoms with Gasteiger partial charge in [-0.15, -0.1) is 0 Å². The van der Waals surface area contributed by atoms with E-state index in [9.17, 15) is 0 Å². The lowest BCUT2D eigenvalue weighted by Gasteiger charge is -2.08. The molecule has 0 spiro atoms. The van der Waals surface area contributed by atoms with Gasteiger partial charge in [0, 0.05) is 17.6 Å². The molecule has 0 amide bonds. The lowest BCUT2D eigenvalue weighted by molar-refractivity contribution is -0.347. The van der Waals surface area contributed by atoms with Crippen LogP contribution in [0.5, 0.6) is 0 Å². The molecule has 0 bridgehead atoms. The Morgan fingerprint density at radius 2 is 2.12 bits per heavy atom. The van der Waals surface area contributed by atoms with Crippen molar-refractivity contribution in [3.63, 3.8) is 0 Å². The number of hydrogen-bond donors (Lipinski definition) is 3. The van der Waals surface area contributed by atoms with Gasteiger partial charge in [0.1, 0.15) is 0 Å². The number of benzene rings is 1. The van der Waals surface area contributed by atoms with E-state index in [2.05, 4.69) is 35.6 Å². The molecule has 0 radical (unpaired) electrons. The molecule has 0 saturated heterocycles. The standard InChI is InChI=1S/C17H14ClN7/c18-12-11(6-3-9-2-1-7-19-13(9)12)23-17-24-15-14(20-8-21-15)16(25-17)22-10-4-5-10/h1-3,6-8,10H,4-5H2,(H3,20,21,22,23,24,25)/p+1. The minimum Gasteiger partial charge on any atom is -0.364 e. The van der Waals surface area contributed by atoms with Gasteiger partial charge in [0.2, 0.25) is 5.52 Å². The number of nitrogens with one attached hydrogen (secondary N) is 4. The summed E-state index contributed by atoms with van der Waals surface area (Å²) in [4.78, 5) is 19.7. The fourth-order valence-electron chi connectivity index (χ4n) is 2.79. The van der Waals surface area contributed by atoms with Crippen LogP contribution in [0.2, 0.25) is 5.02 Å². The Morgan fingerprint density at radius 1 is 1.20 bits per heavy atom. The van der Waals surface area contributed by atoms with Crippen LogP contribution in [-0.4, -0.2) is 26.0 Å². The van der Waals surface area contributed by atoms with E-state index in [0.29, 0.717) is 17.0 Å². The van der Waals surface area contributed by atoms with Crippen LogP contribution in [0.4, 0.5) is 17.5 Å². The highest BCUT2D eigenvalue weighted by atomic mass is 35.5. The van der Waals surface area contributed by atoms with E-state index in [4.69, 9.17) is 11.6 Å². The summed E-state index contributed by atoms with van der Waals surface area (Å²) in [5.41, 5.74) is 3.07. The fraction of sp³-hybridized carbons (Fsp3) is 0.176. The van der Waals surface area contributed by atoms with Gasteiger partial charge in [0.15, 0.2) is 12.1 Å². The number of halogens is 1. The van der Waals surface area contributed by atoms with Crippen molar-refractivity contribution in [1.29, 1.82) is 0 Å². The van der Waals surface area contributed by atoms with Crippen molar-refractivity contribution < 1.29 is 4.98 Å². The van der Waals surface area contributed by atoms with Crippen molar-refractivity contribution >= 4 is 51.1 Å². The molecule has 0 aliphatic heterocycles. The number of aromatic nitrogens is 5. The van der Waals surface area contributed by atoms with Gasteiger partial charge in [-0.1, -0.05) is 28.7 Å². The van der Waals surface area contributed by atoms with E-state index < -0.39 is 0 Å². The highest BCUT2D eigenvalue weighted by molar-refractivity contribution is 6.37. The fourth-order valence-corrected chi connectivity index (χ4v) is 3.05. The second kappa shape index (κ2) is 5.56. The third-order valence-corrected chi connectivity index (χ3v) is 4.59. The number of pyridine rings is 1. The zero-order valence-electron chi connectivity index (χ0n) is 13.2. The van der Waals surface area contributed by atoms with Crippen LogP contribution in [0.25, 0.3) is 22.1 Å². The summed E-state index contributed by atoms with van der Waals surface area (Å²) in [6.07, 6.45) is 5.81. The second-order valence-corrected chi connectivity index (χ2v) is 6.48. The molecule has 1 aromatic carbocycles. The van der Waals surface area contributed by atoms with E-state index >= 15 is 0 Å². The first-order chi connectivity index (χ1) is 12.3. The lowest BCUT2D eigenvalue weighted by Crippen LogP contribution is -2.09. The minimum absolute atomic E-state index is 0.476. The van der Waals surface area contributed by atoms with Crippen LogP contribution in [0, 0.1) is 0 Å². The molecule has 7 nitrogen and oxygen atoms in total. The summed E-state index contributed by atoms with van der Waals surface area (Å²) in [5, 5.41) is 8.18. The zero-order chi connectivity index (χ0) is 16.8. The van der Waals surface area contributed by atoms with E-state index in [1.807, 2.05) is 24.3 Å². The predicted octanol–water partition coefficient (Wildman–Crippen LogP) is 3.29. The van der Waals surface area contributed by atoms with Gasteiger partial charge >= 0.3 is 11.6 Å². The first kappa shape index (κ1) is 14.4. The number of aromatic amines is 2. The summed E-state index contributed by atoms with van der Waals surface area (Å²) in [5.74, 6) is 1.26. The number of hydrogen-bond acceptors (Lipinski definition) is 5. The molecule has 5 rings (SSSR count). The largest absolute Gasteiger partial charge is 0.364 e. The molecule has 25 heavy (non-hydrogen) atoms. The van der Waals surface area contributed by atoms with Crippen molar-refractivity contribution in [3.05, 3.63) is 41.8 Å². The highest BCUT2D eigenvalue weighted by Gasteiger charge is 2.25. The molecule has 8 heteroatoms. The molecule has 4 aromatic rings. The van der Waals surface area contributed by atoms with Crippen LogP contribution in [-0.2, 0) is 0 Å². The maximum atomic E-state index is 6.51. The average Bonchev–Trinajstić information content (AvgIpc) is 3.31. The number of nitrogens with zero attached hydrogens (tertiary/aromatic N) is 3. The van der Waals surface area contributed by atoms with Crippen LogP contribution in [0.1, 0.15) is 12.8 Å². The summed E-state index contributed by atoms with van der Waals surface area (Å²) in [6, 6.07) is 8.24. The highest BCUT2D eigenvalue weighted by Crippen LogP contribution is 2.32. The van der Waals surface area contributed by atoms with E-state index in [0.717, 1.165) is 33.6 Å². The molecular formula is C17H15ClN7+. The number of anilines is 3. The lowest BCUT2D eigenvalue weighted by atomic mass is 10.2. The molecule has 124 valence electrons. The maximum Gasteiger partial charge on any atom is 0.307 e. The van der Waals surface area contributed by atoms with Crippen LogP contribution >= 0.6 is 11.6 Å². The molecular weight excluding hydrogens is 338 g/mol. The molecule has 1 fully saturated rings. The van der Waals surface area contributed by atoms with Gasteiger partial charge in [-0.25, -0.2) is 4.98 Å². The van der Waals surface area contributed by atoms with Gasteiger partial charge in [-0.05, 0) is 25.0 Å². The molecule has 3 aromatic heterocycles. The Kier molecular flexibility index (Phi) is 3.21. The Morgan fingerprint density at radius 3 is 3.00 bits per heavy atom. The number of imidazole rings is 1. The van der Waals surface area contributed by atoms with E-state index in [1.54, 1.807) is 12.5 Å². The SMILES string of the molecule is Clc1c(Nc2nc(NC3CC3)c3[nH]c[nH+]c3n2)ccc2cccnc12. The van der Waals surface area contributed by atoms with Crippen molar-refractivity contribution in [1.82, 2.24) is 19.9 Å². The molecule has 3 heterocycles. The van der Waals surface area contributed by atoms with Gasteiger partial charge in [0.05, 0.1) is 16.2 Å². The second-order valence-electron chi connectivity index (χ2n) is 6.10. The van der Waals surface area contributed by atoms with Crippen molar-refractivity contribution in [3.8, 4) is 0 Å². The normalized spacial score (nSPS) is 14.1. The molecule has 1 aliphatic rings. The Hall–Kier alpha value is -2.93. The number of H-pyrrole nitrogens is 2. The summed E-state index contributed by atoms with van der Waals surface area (Å²) < 4.78 is 0. The van der Waals surface area contributed by atoms with Crippen molar-refractivity contribution in [2.45, 2.75) is 18.9 Å². The zero-order valence-corrected chi connectivity index (χ0v) is 13.9. The third kappa shape index (κ3) is 2.62. The van der Waals surface area contributed by atoms with E-state index in [-0.39, 0.29) is 0 Å². The van der Waals surface area contributed by atoms with E-state index in [1.165, 1.54) is 12.8 Å². The number of rotatable bonds is 4. The monoisotopic (exact) mass is 352 g/mol. The average molecular weight is 353 g/mol. The van der Waals surface area contributed by atoms with Crippen LogP contribution in [0.15, 0.2) is 36.8 Å². The van der Waals surface area contributed by atoms with Gasteiger partial charge in [-0.2, -0.15) is 4.98 Å². The first-order valence-corrected chi connectivity index (χ1v) is 8.49. The maximum absolute atomic E-state index is 6.51. The van der Waals surface area contributed by atoms with Crippen molar-refractivity contribution in [2.24, 2.45) is 0 Å². The Balaban J connectivity index is 1.56. The summed E-state index contributed by atoms with van der Waals surface area (Å²) in [7, 11) is 0. The third-order valence-electron chi connectivity index (χ3n) is 4.21. The summed E-state index contributed by atoms with van der Waals surface area (Å²) >= 11 is 6.51. The number of fused-ring (bicyclic) bond motifs is 2. The predicted molar refractivity (Wildman–Crippen MR) is 97.1 cm³/mol. The van der Waals surface area contributed by atoms with Crippen molar-refractivity contribution in [2.75, 3.05) is 10.6 Å².